The summed E-state index contributed by atoms with van der Waals surface area (Å²) in [5.41, 5.74) is 4.43. The molecule has 21 heavy (non-hydrogen) atoms. The predicted molar refractivity (Wildman–Crippen MR) is 81.0 cm³/mol. The number of pyridine rings is 2. The molecule has 0 spiro atoms. The van der Waals surface area contributed by atoms with Gasteiger partial charge in [-0.05, 0) is 29.8 Å². The topological polar surface area (TPSA) is 67.2 Å². The maximum atomic E-state index is 12.0. The lowest BCUT2D eigenvalue weighted by Crippen LogP contribution is -2.18. The molecule has 0 aliphatic rings. The first kappa shape index (κ1) is 12.9. The summed E-state index contributed by atoms with van der Waals surface area (Å²) in [6.07, 6.45) is 4.88. The molecule has 3 aromatic rings. The van der Waals surface area contributed by atoms with E-state index in [4.69, 9.17) is 0 Å². The van der Waals surface area contributed by atoms with Gasteiger partial charge in [-0.25, -0.2) is 10.4 Å². The van der Waals surface area contributed by atoms with Crippen molar-refractivity contribution in [3.8, 4) is 0 Å². The van der Waals surface area contributed by atoms with Gasteiger partial charge in [0.15, 0.2) is 0 Å². The van der Waals surface area contributed by atoms with Crippen molar-refractivity contribution in [1.82, 2.24) is 15.4 Å². The predicted octanol–water partition coefficient (Wildman–Crippen LogP) is 2.39. The molecule has 0 aliphatic carbocycles. The Morgan fingerprint density at radius 1 is 1.05 bits per heavy atom. The van der Waals surface area contributed by atoms with Crippen LogP contribution in [0, 0.1) is 0 Å². The van der Waals surface area contributed by atoms with Crippen LogP contribution in [-0.4, -0.2) is 22.1 Å². The third kappa shape index (κ3) is 3.09. The first-order valence-corrected chi connectivity index (χ1v) is 6.42. The number of rotatable bonds is 3. The molecule has 0 saturated heterocycles. The molecule has 3 rings (SSSR count). The zero-order chi connectivity index (χ0) is 14.5. The molecular formula is C16H12N4O. The number of hydrazone groups is 1. The van der Waals surface area contributed by atoms with E-state index in [-0.39, 0.29) is 5.91 Å². The molecule has 0 fully saturated rings. The molecule has 0 saturated carbocycles. The zero-order valence-corrected chi connectivity index (χ0v) is 11.1. The summed E-state index contributed by atoms with van der Waals surface area (Å²) < 4.78 is 0. The van der Waals surface area contributed by atoms with Crippen LogP contribution in [0.2, 0.25) is 0 Å². The Labute approximate surface area is 121 Å². The lowest BCUT2D eigenvalue weighted by Gasteiger charge is -2.01. The molecule has 0 radical (unpaired) electrons. The number of carbonyl (C=O) groups is 1. The van der Waals surface area contributed by atoms with Gasteiger partial charge in [0.05, 0.1) is 11.7 Å². The minimum Gasteiger partial charge on any atom is -0.266 e. The van der Waals surface area contributed by atoms with Gasteiger partial charge < -0.3 is 0 Å². The molecule has 1 amide bonds. The maximum absolute atomic E-state index is 12.0. The van der Waals surface area contributed by atoms with Crippen LogP contribution in [0.15, 0.2) is 66.0 Å². The Morgan fingerprint density at radius 2 is 1.86 bits per heavy atom. The Hall–Kier alpha value is -3.08. The van der Waals surface area contributed by atoms with Gasteiger partial charge in [0.25, 0.3) is 5.91 Å². The van der Waals surface area contributed by atoms with Gasteiger partial charge in [-0.15, -0.1) is 0 Å². The van der Waals surface area contributed by atoms with Crippen LogP contribution in [0.5, 0.6) is 0 Å². The molecule has 1 aromatic carbocycles. The van der Waals surface area contributed by atoms with Crippen molar-refractivity contribution in [3.63, 3.8) is 0 Å². The highest BCUT2D eigenvalue weighted by Crippen LogP contribution is 2.11. The van der Waals surface area contributed by atoms with E-state index in [0.717, 1.165) is 16.5 Å². The molecule has 0 aliphatic heterocycles. The van der Waals surface area contributed by atoms with Crippen LogP contribution in [0.25, 0.3) is 10.9 Å². The Kier molecular flexibility index (Phi) is 3.64. The van der Waals surface area contributed by atoms with Crippen LogP contribution >= 0.6 is 0 Å². The highest BCUT2D eigenvalue weighted by atomic mass is 16.2. The van der Waals surface area contributed by atoms with E-state index in [9.17, 15) is 4.79 Å². The van der Waals surface area contributed by atoms with Gasteiger partial charge in [-0.1, -0.05) is 24.3 Å². The van der Waals surface area contributed by atoms with Crippen LogP contribution < -0.4 is 5.43 Å². The summed E-state index contributed by atoms with van der Waals surface area (Å²) >= 11 is 0. The minimum absolute atomic E-state index is 0.334. The van der Waals surface area contributed by atoms with Crippen LogP contribution in [0.1, 0.15) is 16.1 Å². The second kappa shape index (κ2) is 5.92. The summed E-state index contributed by atoms with van der Waals surface area (Å²) in [5.74, 6) is -0.342. The maximum Gasteiger partial charge on any atom is 0.289 e. The van der Waals surface area contributed by atoms with E-state index in [1.807, 2.05) is 30.3 Å². The van der Waals surface area contributed by atoms with Gasteiger partial charge in [-0.3, -0.25) is 9.78 Å². The molecule has 5 heteroatoms. The van der Waals surface area contributed by atoms with Crippen molar-refractivity contribution in [2.24, 2.45) is 5.10 Å². The van der Waals surface area contributed by atoms with E-state index >= 15 is 0 Å². The first-order valence-electron chi connectivity index (χ1n) is 6.42. The van der Waals surface area contributed by atoms with Crippen molar-refractivity contribution < 1.29 is 4.79 Å². The third-order valence-corrected chi connectivity index (χ3v) is 2.92. The van der Waals surface area contributed by atoms with Crippen molar-refractivity contribution in [2.75, 3.05) is 0 Å². The highest BCUT2D eigenvalue weighted by molar-refractivity contribution is 5.95. The molecule has 2 heterocycles. The number of nitrogens with one attached hydrogen (secondary N) is 1. The number of fused-ring (bicyclic) bond motifs is 1. The number of carbonyl (C=O) groups excluding carboxylic acids is 1. The number of para-hydroxylation sites is 1. The summed E-state index contributed by atoms with van der Waals surface area (Å²) in [7, 11) is 0. The molecular weight excluding hydrogens is 264 g/mol. The van der Waals surface area contributed by atoms with Crippen molar-refractivity contribution >= 4 is 23.0 Å². The lowest BCUT2D eigenvalue weighted by molar-refractivity contribution is 0.0950. The summed E-state index contributed by atoms with van der Waals surface area (Å²) in [6, 6.07) is 14.8. The monoisotopic (exact) mass is 276 g/mol. The second-order valence-electron chi connectivity index (χ2n) is 4.37. The van der Waals surface area contributed by atoms with E-state index in [0.29, 0.717) is 5.69 Å². The Bertz CT molecular complexity index is 799. The quantitative estimate of drug-likeness (QED) is 0.590. The van der Waals surface area contributed by atoms with Gasteiger partial charge >= 0.3 is 0 Å². The number of benzene rings is 1. The molecule has 102 valence electrons. The van der Waals surface area contributed by atoms with Crippen molar-refractivity contribution in [3.05, 3.63) is 72.2 Å². The molecule has 0 unspecified atom stereocenters. The molecule has 5 nitrogen and oxygen atoms in total. The summed E-state index contributed by atoms with van der Waals surface area (Å²) in [4.78, 5) is 20.2. The second-order valence-corrected chi connectivity index (χ2v) is 4.37. The van der Waals surface area contributed by atoms with Gasteiger partial charge in [0.1, 0.15) is 5.69 Å². The molecule has 0 bridgehead atoms. The average Bonchev–Trinajstić information content (AvgIpc) is 2.55. The van der Waals surface area contributed by atoms with E-state index < -0.39 is 0 Å². The highest BCUT2D eigenvalue weighted by Gasteiger charge is 2.06. The van der Waals surface area contributed by atoms with Crippen molar-refractivity contribution in [1.29, 1.82) is 0 Å². The number of hydrogen-bond acceptors (Lipinski definition) is 4. The van der Waals surface area contributed by atoms with Crippen LogP contribution in [-0.2, 0) is 0 Å². The van der Waals surface area contributed by atoms with E-state index in [2.05, 4.69) is 20.5 Å². The number of aromatic nitrogens is 2. The average molecular weight is 276 g/mol. The summed E-state index contributed by atoms with van der Waals surface area (Å²) in [6.45, 7) is 0. The van der Waals surface area contributed by atoms with Crippen LogP contribution in [0.3, 0.4) is 0 Å². The lowest BCUT2D eigenvalue weighted by atomic mass is 10.2. The SMILES string of the molecule is O=C(NN=Cc1ccncc1)c1ccc2ccccc2n1. The van der Waals surface area contributed by atoms with Gasteiger partial charge in [0.2, 0.25) is 0 Å². The van der Waals surface area contributed by atoms with E-state index in [1.165, 1.54) is 0 Å². The standard InChI is InChI=1S/C16H12N4O/c21-16(20-18-11-12-7-9-17-10-8-12)15-6-5-13-3-1-2-4-14(13)19-15/h1-11H,(H,20,21). The minimum atomic E-state index is -0.342. The number of hydrogen-bond donors (Lipinski definition) is 1. The van der Waals surface area contributed by atoms with E-state index in [1.54, 1.807) is 36.8 Å². The number of nitrogens with zero attached hydrogens (tertiary/aromatic N) is 3. The van der Waals surface area contributed by atoms with Crippen molar-refractivity contribution in [2.45, 2.75) is 0 Å². The summed E-state index contributed by atoms with van der Waals surface area (Å²) in [5, 5.41) is 4.90. The van der Waals surface area contributed by atoms with Gasteiger partial charge in [-0.2, -0.15) is 5.10 Å². The normalized spacial score (nSPS) is 10.9. The fraction of sp³-hybridized carbons (Fsp3) is 0. The van der Waals surface area contributed by atoms with Crippen LogP contribution in [0.4, 0.5) is 0 Å². The van der Waals surface area contributed by atoms with Gasteiger partial charge in [0, 0.05) is 17.8 Å². The smallest absolute Gasteiger partial charge is 0.266 e. The first-order chi connectivity index (χ1) is 10.3. The third-order valence-electron chi connectivity index (χ3n) is 2.92. The largest absolute Gasteiger partial charge is 0.289 e. The molecule has 0 atom stereocenters. The fourth-order valence-electron chi connectivity index (χ4n) is 1.86. The Balaban J connectivity index is 1.73. The zero-order valence-electron chi connectivity index (χ0n) is 11.1. The molecule has 1 N–H and O–H groups in total. The number of amides is 1. The fourth-order valence-corrected chi connectivity index (χ4v) is 1.86. The molecule has 2 aromatic heterocycles. The Morgan fingerprint density at radius 3 is 2.71 bits per heavy atom.